The molecule has 0 saturated heterocycles. The van der Waals surface area contributed by atoms with Crippen molar-refractivity contribution in [1.29, 1.82) is 0 Å². The normalized spacial score (nSPS) is 13.7. The third-order valence-corrected chi connectivity index (χ3v) is 12.4. The molecule has 0 atom stereocenters. The van der Waals surface area contributed by atoms with Crippen molar-refractivity contribution in [3.05, 3.63) is 48.5 Å². The van der Waals surface area contributed by atoms with Crippen molar-refractivity contribution in [2.24, 2.45) is 0 Å². The van der Waals surface area contributed by atoms with Crippen LogP contribution in [0.1, 0.15) is 83.1 Å². The molecule has 0 aromatic heterocycles. The molecule has 172 valence electrons. The Morgan fingerprint density at radius 2 is 0.710 bits per heavy atom. The lowest BCUT2D eigenvalue weighted by Crippen LogP contribution is -2.33. The van der Waals surface area contributed by atoms with Gasteiger partial charge in [-0.15, -0.1) is 0 Å². The van der Waals surface area contributed by atoms with Crippen LogP contribution in [0.4, 0.5) is 11.4 Å². The van der Waals surface area contributed by atoms with Crippen molar-refractivity contribution in [2.45, 2.75) is 104 Å². The predicted octanol–water partition coefficient (Wildman–Crippen LogP) is 8.84. The van der Waals surface area contributed by atoms with Gasteiger partial charge in [0, 0.05) is 22.0 Å². The summed E-state index contributed by atoms with van der Waals surface area (Å²) in [5, 5.41) is 7.80. The maximum Gasteiger partial charge on any atom is 0.0462 e. The molecule has 2 aromatic carbocycles. The minimum atomic E-state index is -0.382. The molecule has 0 bridgehead atoms. The highest BCUT2D eigenvalue weighted by Crippen LogP contribution is 2.61. The first-order valence-electron chi connectivity index (χ1n) is 11.5. The fourth-order valence-electron chi connectivity index (χ4n) is 5.15. The number of anilines is 2. The van der Waals surface area contributed by atoms with Gasteiger partial charge in [-0.1, -0.05) is 135 Å². The number of para-hydroxylation sites is 2. The van der Waals surface area contributed by atoms with Gasteiger partial charge in [0.15, 0.2) is 0 Å². The van der Waals surface area contributed by atoms with Gasteiger partial charge in [-0.2, -0.15) is 0 Å². The lowest BCUT2D eigenvalue weighted by molar-refractivity contribution is 0.714. The van der Waals surface area contributed by atoms with Crippen LogP contribution in [0.15, 0.2) is 48.5 Å². The summed E-state index contributed by atoms with van der Waals surface area (Å²) in [6, 6.07) is 18.0. The summed E-state index contributed by atoms with van der Waals surface area (Å²) >= 11 is 0. The van der Waals surface area contributed by atoms with E-state index in [-0.39, 0.29) is 36.5 Å². The van der Waals surface area contributed by atoms with Gasteiger partial charge in [0.25, 0.3) is 0 Å². The van der Waals surface area contributed by atoms with Crippen LogP contribution in [0.2, 0.25) is 0 Å². The van der Waals surface area contributed by atoms with Crippen LogP contribution < -0.4 is 15.9 Å². The molecule has 0 unspecified atom stereocenters. The SMILES string of the molecule is CC(C)(C)P(c1ccccc1Nc1ccccc1P(C(C)(C)C)C(C)(C)C)C(C)(C)C. The van der Waals surface area contributed by atoms with Gasteiger partial charge in [-0.25, -0.2) is 0 Å². The molecule has 0 aliphatic rings. The van der Waals surface area contributed by atoms with Crippen molar-refractivity contribution in [2.75, 3.05) is 5.32 Å². The van der Waals surface area contributed by atoms with E-state index in [1.165, 1.54) is 22.0 Å². The van der Waals surface area contributed by atoms with Crippen LogP contribution in [0.25, 0.3) is 0 Å². The molecule has 0 aliphatic heterocycles. The molecule has 0 radical (unpaired) electrons. The molecular weight excluding hydrogens is 412 g/mol. The van der Waals surface area contributed by atoms with Gasteiger partial charge in [0.1, 0.15) is 0 Å². The quantitative estimate of drug-likeness (QED) is 0.452. The first kappa shape index (κ1) is 26.4. The molecule has 0 aliphatic carbocycles. The number of nitrogens with one attached hydrogen (secondary N) is 1. The molecule has 0 spiro atoms. The number of benzene rings is 2. The van der Waals surface area contributed by atoms with Crippen LogP contribution in [0, 0.1) is 0 Å². The summed E-state index contributed by atoms with van der Waals surface area (Å²) in [5.41, 5.74) is 2.53. The molecule has 1 nitrogen and oxygen atoms in total. The van der Waals surface area contributed by atoms with E-state index in [2.05, 4.69) is 137 Å². The molecular formula is C28H45NP2. The van der Waals surface area contributed by atoms with Crippen LogP contribution in [-0.4, -0.2) is 20.6 Å². The zero-order valence-electron chi connectivity index (χ0n) is 22.0. The maximum absolute atomic E-state index is 3.92. The third-order valence-electron chi connectivity index (χ3n) is 5.24. The second kappa shape index (κ2) is 9.15. The standard InChI is InChI=1S/C28H45NP2/c1-25(2,3)30(26(4,5)6)23-19-15-13-17-21(23)29-22-18-14-16-20-24(22)31(27(7,8)9)28(10,11)12/h13-20,29H,1-12H3. The highest BCUT2D eigenvalue weighted by Gasteiger charge is 2.38. The van der Waals surface area contributed by atoms with Crippen molar-refractivity contribution in [3.63, 3.8) is 0 Å². The van der Waals surface area contributed by atoms with Gasteiger partial charge in [0.05, 0.1) is 0 Å². The lowest BCUT2D eigenvalue weighted by Gasteiger charge is -2.43. The van der Waals surface area contributed by atoms with E-state index < -0.39 is 0 Å². The van der Waals surface area contributed by atoms with Crippen molar-refractivity contribution < 1.29 is 0 Å². The van der Waals surface area contributed by atoms with Gasteiger partial charge < -0.3 is 5.32 Å². The molecule has 0 heterocycles. The Labute approximate surface area is 195 Å². The highest BCUT2D eigenvalue weighted by molar-refractivity contribution is 7.69. The van der Waals surface area contributed by atoms with Crippen molar-refractivity contribution >= 4 is 37.8 Å². The Hall–Kier alpha value is -0.900. The molecule has 3 heteroatoms. The first-order chi connectivity index (χ1) is 13.9. The second-order valence-electron chi connectivity index (χ2n) is 12.5. The Bertz CT molecular complexity index is 772. The van der Waals surface area contributed by atoms with Gasteiger partial charge in [-0.3, -0.25) is 0 Å². The zero-order valence-corrected chi connectivity index (χ0v) is 23.8. The van der Waals surface area contributed by atoms with Gasteiger partial charge >= 0.3 is 0 Å². The van der Waals surface area contributed by atoms with E-state index in [9.17, 15) is 0 Å². The summed E-state index contributed by atoms with van der Waals surface area (Å²) < 4.78 is 0. The number of hydrogen-bond acceptors (Lipinski definition) is 1. The van der Waals surface area contributed by atoms with E-state index in [4.69, 9.17) is 0 Å². The van der Waals surface area contributed by atoms with E-state index in [1.54, 1.807) is 0 Å². The molecule has 0 saturated carbocycles. The summed E-state index contributed by atoms with van der Waals surface area (Å²) in [4.78, 5) is 0. The average molecular weight is 458 g/mol. The molecule has 31 heavy (non-hydrogen) atoms. The fraction of sp³-hybridized carbons (Fsp3) is 0.571. The molecule has 2 aromatic rings. The van der Waals surface area contributed by atoms with E-state index in [1.807, 2.05) is 0 Å². The molecule has 1 N–H and O–H groups in total. The number of rotatable bonds is 4. The molecule has 0 fully saturated rings. The summed E-state index contributed by atoms with van der Waals surface area (Å²) in [6.07, 6.45) is 0. The average Bonchev–Trinajstić information content (AvgIpc) is 2.53. The van der Waals surface area contributed by atoms with Crippen LogP contribution in [-0.2, 0) is 0 Å². The van der Waals surface area contributed by atoms with E-state index in [0.29, 0.717) is 0 Å². The Morgan fingerprint density at radius 1 is 0.452 bits per heavy atom. The van der Waals surface area contributed by atoms with Crippen LogP contribution in [0.5, 0.6) is 0 Å². The lowest BCUT2D eigenvalue weighted by atomic mass is 10.2. The predicted molar refractivity (Wildman–Crippen MR) is 148 cm³/mol. The summed E-state index contributed by atoms with van der Waals surface area (Å²) in [7, 11) is -0.764. The summed E-state index contributed by atoms with van der Waals surface area (Å²) in [6.45, 7) is 28.8. The second-order valence-corrected chi connectivity index (χ2v) is 20.2. The topological polar surface area (TPSA) is 12.0 Å². The molecule has 2 rings (SSSR count). The summed E-state index contributed by atoms with van der Waals surface area (Å²) in [5.74, 6) is 0. The smallest absolute Gasteiger partial charge is 0.0462 e. The first-order valence-corrected chi connectivity index (χ1v) is 14.2. The fourth-order valence-corrected chi connectivity index (χ4v) is 13.3. The minimum Gasteiger partial charge on any atom is -0.354 e. The zero-order chi connectivity index (χ0) is 23.8. The Balaban J connectivity index is 2.63. The third kappa shape index (κ3) is 6.55. The molecule has 0 amide bonds. The largest absolute Gasteiger partial charge is 0.354 e. The Morgan fingerprint density at radius 3 is 0.968 bits per heavy atom. The van der Waals surface area contributed by atoms with Gasteiger partial charge in [0.2, 0.25) is 0 Å². The minimum absolute atomic E-state index is 0.230. The van der Waals surface area contributed by atoms with Crippen LogP contribution in [0.3, 0.4) is 0 Å². The monoisotopic (exact) mass is 457 g/mol. The van der Waals surface area contributed by atoms with Crippen LogP contribution >= 0.6 is 15.8 Å². The van der Waals surface area contributed by atoms with Crippen molar-refractivity contribution in [1.82, 2.24) is 0 Å². The van der Waals surface area contributed by atoms with E-state index >= 15 is 0 Å². The van der Waals surface area contributed by atoms with E-state index in [0.717, 1.165) is 0 Å². The van der Waals surface area contributed by atoms with Crippen molar-refractivity contribution in [3.8, 4) is 0 Å². The Kier molecular flexibility index (Phi) is 7.78. The maximum atomic E-state index is 3.92. The number of hydrogen-bond donors (Lipinski definition) is 1. The highest BCUT2D eigenvalue weighted by atomic mass is 31.1. The van der Waals surface area contributed by atoms with Gasteiger partial charge in [-0.05, 0) is 32.8 Å².